The van der Waals surface area contributed by atoms with Crippen molar-refractivity contribution in [2.24, 2.45) is 0 Å². The van der Waals surface area contributed by atoms with Crippen LogP contribution in [-0.4, -0.2) is 44.9 Å². The number of aromatic nitrogens is 3. The lowest BCUT2D eigenvalue weighted by molar-refractivity contribution is 0.159. The SMILES string of the molecule is Cc1cc(CNCCCN2CCCC[C@@H]2C)c(C)n1-c1ccnn1C(C)C. The third-order valence-corrected chi connectivity index (χ3v) is 5.96. The predicted octanol–water partition coefficient (Wildman–Crippen LogP) is 4.23. The maximum atomic E-state index is 4.50. The second-order valence-electron chi connectivity index (χ2n) is 8.37. The van der Waals surface area contributed by atoms with Crippen molar-refractivity contribution in [1.29, 1.82) is 0 Å². The lowest BCUT2D eigenvalue weighted by Crippen LogP contribution is -2.38. The zero-order valence-corrected chi connectivity index (χ0v) is 17.8. The van der Waals surface area contributed by atoms with Crippen LogP contribution in [0.4, 0.5) is 0 Å². The van der Waals surface area contributed by atoms with E-state index in [4.69, 9.17) is 0 Å². The van der Waals surface area contributed by atoms with Gasteiger partial charge in [-0.15, -0.1) is 0 Å². The molecule has 1 aliphatic heterocycles. The van der Waals surface area contributed by atoms with Crippen molar-refractivity contribution >= 4 is 0 Å². The summed E-state index contributed by atoms with van der Waals surface area (Å²) in [5.41, 5.74) is 3.97. The molecule has 0 saturated carbocycles. The number of piperidine rings is 1. The predicted molar refractivity (Wildman–Crippen MR) is 113 cm³/mol. The smallest absolute Gasteiger partial charge is 0.135 e. The Morgan fingerprint density at radius 1 is 1.26 bits per heavy atom. The second kappa shape index (κ2) is 9.07. The first-order chi connectivity index (χ1) is 13.0. The van der Waals surface area contributed by atoms with Gasteiger partial charge in [0.1, 0.15) is 5.82 Å². The van der Waals surface area contributed by atoms with Crippen LogP contribution in [0.15, 0.2) is 18.3 Å². The molecule has 0 bridgehead atoms. The second-order valence-corrected chi connectivity index (χ2v) is 8.37. The summed E-state index contributed by atoms with van der Waals surface area (Å²) in [6, 6.07) is 5.54. The van der Waals surface area contributed by atoms with Gasteiger partial charge in [0.15, 0.2) is 0 Å². The maximum Gasteiger partial charge on any atom is 0.135 e. The fourth-order valence-electron chi connectivity index (χ4n) is 4.36. The highest BCUT2D eigenvalue weighted by molar-refractivity contribution is 5.37. The van der Waals surface area contributed by atoms with E-state index in [9.17, 15) is 0 Å². The molecule has 1 fully saturated rings. The standard InChI is InChI=1S/C22H37N5/c1-17(2)27-22(10-12-24-27)26-19(4)15-21(20(26)5)16-23-11-8-14-25-13-7-6-9-18(25)3/h10,12,15,17-18,23H,6-9,11,13-14,16H2,1-5H3/t18-/m0/s1. The number of aryl methyl sites for hydroxylation is 1. The summed E-state index contributed by atoms with van der Waals surface area (Å²) >= 11 is 0. The summed E-state index contributed by atoms with van der Waals surface area (Å²) < 4.78 is 4.43. The average Bonchev–Trinajstić information content (AvgIpc) is 3.21. The zero-order chi connectivity index (χ0) is 19.4. The third kappa shape index (κ3) is 4.64. The molecule has 1 atom stereocenters. The van der Waals surface area contributed by atoms with E-state index in [2.05, 4.69) is 71.3 Å². The van der Waals surface area contributed by atoms with Gasteiger partial charge in [0.2, 0.25) is 0 Å². The largest absolute Gasteiger partial charge is 0.313 e. The molecule has 0 unspecified atom stereocenters. The Labute approximate surface area is 164 Å². The average molecular weight is 372 g/mol. The van der Waals surface area contributed by atoms with Gasteiger partial charge in [-0.2, -0.15) is 5.10 Å². The van der Waals surface area contributed by atoms with Crippen LogP contribution in [-0.2, 0) is 6.54 Å². The molecule has 5 heteroatoms. The number of nitrogens with zero attached hydrogens (tertiary/aromatic N) is 4. The van der Waals surface area contributed by atoms with E-state index in [1.807, 2.05) is 6.20 Å². The molecule has 0 radical (unpaired) electrons. The van der Waals surface area contributed by atoms with Gasteiger partial charge in [-0.25, -0.2) is 4.68 Å². The molecule has 1 aliphatic rings. The van der Waals surface area contributed by atoms with Gasteiger partial charge in [0, 0.05) is 36.1 Å². The molecular formula is C22H37N5. The molecule has 0 spiro atoms. The van der Waals surface area contributed by atoms with Gasteiger partial charge < -0.3 is 14.8 Å². The Balaban J connectivity index is 1.55. The lowest BCUT2D eigenvalue weighted by Gasteiger charge is -2.33. The third-order valence-electron chi connectivity index (χ3n) is 5.96. The van der Waals surface area contributed by atoms with E-state index in [0.29, 0.717) is 6.04 Å². The Morgan fingerprint density at radius 3 is 2.81 bits per heavy atom. The Kier molecular flexibility index (Phi) is 6.77. The minimum absolute atomic E-state index is 0.356. The van der Waals surface area contributed by atoms with E-state index < -0.39 is 0 Å². The Hall–Kier alpha value is -1.59. The number of likely N-dealkylation sites (tertiary alicyclic amines) is 1. The van der Waals surface area contributed by atoms with Gasteiger partial charge in [-0.3, -0.25) is 0 Å². The zero-order valence-electron chi connectivity index (χ0n) is 17.8. The molecule has 1 saturated heterocycles. The quantitative estimate of drug-likeness (QED) is 0.706. The van der Waals surface area contributed by atoms with E-state index in [0.717, 1.165) is 24.9 Å². The first-order valence-electron chi connectivity index (χ1n) is 10.7. The van der Waals surface area contributed by atoms with Gasteiger partial charge in [-0.05, 0) is 85.1 Å². The molecule has 2 aromatic rings. The molecule has 150 valence electrons. The van der Waals surface area contributed by atoms with Crippen molar-refractivity contribution in [2.45, 2.75) is 78.9 Å². The molecule has 2 aromatic heterocycles. The number of nitrogens with one attached hydrogen (secondary N) is 1. The summed E-state index contributed by atoms with van der Waals surface area (Å²) in [7, 11) is 0. The summed E-state index contributed by atoms with van der Waals surface area (Å²) in [5.74, 6) is 1.16. The molecule has 27 heavy (non-hydrogen) atoms. The highest BCUT2D eigenvalue weighted by Gasteiger charge is 2.17. The van der Waals surface area contributed by atoms with E-state index >= 15 is 0 Å². The molecule has 3 heterocycles. The molecule has 5 nitrogen and oxygen atoms in total. The fraction of sp³-hybridized carbons (Fsp3) is 0.682. The monoisotopic (exact) mass is 371 g/mol. The van der Waals surface area contributed by atoms with E-state index in [-0.39, 0.29) is 0 Å². The van der Waals surface area contributed by atoms with Crippen molar-refractivity contribution in [3.8, 4) is 5.82 Å². The molecule has 0 amide bonds. The van der Waals surface area contributed by atoms with Crippen molar-refractivity contribution < 1.29 is 0 Å². The lowest BCUT2D eigenvalue weighted by atomic mass is 10.0. The topological polar surface area (TPSA) is 38.0 Å². The number of rotatable bonds is 8. The van der Waals surface area contributed by atoms with E-state index in [1.54, 1.807) is 0 Å². The van der Waals surface area contributed by atoms with Gasteiger partial charge >= 0.3 is 0 Å². The number of hydrogen-bond donors (Lipinski definition) is 1. The molecule has 1 N–H and O–H groups in total. The molecule has 0 aromatic carbocycles. The summed E-state index contributed by atoms with van der Waals surface area (Å²) in [4.78, 5) is 2.66. The van der Waals surface area contributed by atoms with Crippen LogP contribution in [0, 0.1) is 13.8 Å². The molecule has 0 aliphatic carbocycles. The maximum absolute atomic E-state index is 4.50. The summed E-state index contributed by atoms with van der Waals surface area (Å²) in [6.07, 6.45) is 7.27. The van der Waals surface area contributed by atoms with Gasteiger partial charge in [-0.1, -0.05) is 6.42 Å². The minimum Gasteiger partial charge on any atom is -0.313 e. The normalized spacial score (nSPS) is 18.5. The van der Waals surface area contributed by atoms with Crippen LogP contribution in [0.1, 0.15) is 69.4 Å². The van der Waals surface area contributed by atoms with Crippen LogP contribution in [0.2, 0.25) is 0 Å². The van der Waals surface area contributed by atoms with Crippen LogP contribution >= 0.6 is 0 Å². The van der Waals surface area contributed by atoms with Crippen LogP contribution in [0.25, 0.3) is 5.82 Å². The van der Waals surface area contributed by atoms with Crippen molar-refractivity contribution in [2.75, 3.05) is 19.6 Å². The molecular weight excluding hydrogens is 334 g/mol. The van der Waals surface area contributed by atoms with Crippen molar-refractivity contribution in [3.63, 3.8) is 0 Å². The summed E-state index contributed by atoms with van der Waals surface area (Å²) in [6.45, 7) is 15.7. The van der Waals surface area contributed by atoms with Crippen LogP contribution in [0.5, 0.6) is 0 Å². The van der Waals surface area contributed by atoms with Crippen LogP contribution in [0.3, 0.4) is 0 Å². The minimum atomic E-state index is 0.356. The highest BCUT2D eigenvalue weighted by Crippen LogP contribution is 2.22. The molecule has 3 rings (SSSR count). The Bertz CT molecular complexity index is 727. The fourth-order valence-corrected chi connectivity index (χ4v) is 4.36. The first-order valence-corrected chi connectivity index (χ1v) is 10.7. The first kappa shape index (κ1) is 20.2. The summed E-state index contributed by atoms with van der Waals surface area (Å²) in [5, 5.41) is 8.15. The Morgan fingerprint density at radius 2 is 2.07 bits per heavy atom. The van der Waals surface area contributed by atoms with Gasteiger partial charge in [0.05, 0.1) is 6.20 Å². The number of hydrogen-bond acceptors (Lipinski definition) is 3. The van der Waals surface area contributed by atoms with Crippen molar-refractivity contribution in [1.82, 2.24) is 24.6 Å². The van der Waals surface area contributed by atoms with E-state index in [1.165, 1.54) is 55.7 Å². The van der Waals surface area contributed by atoms with Gasteiger partial charge in [0.25, 0.3) is 0 Å². The van der Waals surface area contributed by atoms with Crippen molar-refractivity contribution in [3.05, 3.63) is 35.3 Å². The highest BCUT2D eigenvalue weighted by atomic mass is 15.3. The van der Waals surface area contributed by atoms with Crippen LogP contribution < -0.4 is 5.32 Å².